The fraction of sp³-hybridized carbons (Fsp3) is 0.0909. The molecule has 5 rings (SSSR count). The van der Waals surface area contributed by atoms with Gasteiger partial charge in [0.2, 0.25) is 0 Å². The minimum atomic E-state index is -0.575. The van der Waals surface area contributed by atoms with Crippen LogP contribution in [-0.4, -0.2) is 45.7 Å². The van der Waals surface area contributed by atoms with Crippen molar-refractivity contribution in [3.63, 3.8) is 0 Å². The summed E-state index contributed by atoms with van der Waals surface area (Å²) in [6, 6.07) is 28.0. The maximum absolute atomic E-state index is 13.2. The second-order valence-electron chi connectivity index (χ2n) is 9.71. The number of hydrogen-bond donors (Lipinski definition) is 2. The summed E-state index contributed by atoms with van der Waals surface area (Å²) in [6.07, 6.45) is 2.06. The van der Waals surface area contributed by atoms with Crippen molar-refractivity contribution in [3.8, 4) is 0 Å². The van der Waals surface area contributed by atoms with Crippen molar-refractivity contribution in [1.82, 2.24) is 10.2 Å². The van der Waals surface area contributed by atoms with Crippen LogP contribution in [0.4, 0.5) is 11.4 Å². The molecule has 220 valence electrons. The molecule has 0 bridgehead atoms. The number of nitro groups is 1. The number of non-ortho nitro benzene ring substituents is 1. The van der Waals surface area contributed by atoms with Crippen LogP contribution in [0.5, 0.6) is 0 Å². The number of carbonyl (C=O) groups is 4. The highest BCUT2D eigenvalue weighted by Crippen LogP contribution is 2.25. The Morgan fingerprint density at radius 2 is 1.43 bits per heavy atom. The van der Waals surface area contributed by atoms with Crippen LogP contribution >= 0.6 is 11.8 Å². The number of benzene rings is 4. The molecule has 0 aromatic heterocycles. The number of rotatable bonds is 11. The lowest BCUT2D eigenvalue weighted by Gasteiger charge is -2.13. The summed E-state index contributed by atoms with van der Waals surface area (Å²) in [5.74, 6) is -0.918. The lowest BCUT2D eigenvalue weighted by atomic mass is 10.1. The van der Waals surface area contributed by atoms with Gasteiger partial charge in [0, 0.05) is 34.8 Å². The van der Waals surface area contributed by atoms with Crippen LogP contribution in [0.15, 0.2) is 114 Å². The maximum atomic E-state index is 13.2. The molecule has 4 amide bonds. The molecule has 0 saturated heterocycles. The fourth-order valence-corrected chi connectivity index (χ4v) is 5.33. The second-order valence-corrected chi connectivity index (χ2v) is 10.9. The van der Waals surface area contributed by atoms with Gasteiger partial charge >= 0.3 is 0 Å². The largest absolute Gasteiger partial charge is 0.321 e. The van der Waals surface area contributed by atoms with Gasteiger partial charge in [-0.05, 0) is 84.5 Å². The topological polar surface area (TPSA) is 139 Å². The third kappa shape index (κ3) is 7.08. The molecule has 0 radical (unpaired) electrons. The van der Waals surface area contributed by atoms with Crippen molar-refractivity contribution in [2.75, 3.05) is 17.6 Å². The van der Waals surface area contributed by atoms with Crippen LogP contribution in [0.25, 0.3) is 6.08 Å². The van der Waals surface area contributed by atoms with Gasteiger partial charge in [0.1, 0.15) is 5.70 Å². The van der Waals surface area contributed by atoms with E-state index < -0.39 is 16.7 Å². The smallest absolute Gasteiger partial charge is 0.272 e. The highest BCUT2D eigenvalue weighted by Gasteiger charge is 2.34. The molecule has 2 N–H and O–H groups in total. The summed E-state index contributed by atoms with van der Waals surface area (Å²) >= 11 is 1.56. The SMILES string of the molecule is O=C(Nc1ccc(SCCCN2C(=O)c3ccccc3C2=O)cc1)/C(=C/c1ccc([N+](=O)[O-])cc1)NC(=O)c1ccccc1. The average molecular weight is 607 g/mol. The van der Waals surface area contributed by atoms with Crippen LogP contribution in [0.1, 0.15) is 43.1 Å². The Morgan fingerprint density at radius 1 is 0.818 bits per heavy atom. The molecule has 0 fully saturated rings. The first kappa shape index (κ1) is 29.9. The first-order chi connectivity index (χ1) is 21.3. The van der Waals surface area contributed by atoms with E-state index in [-0.39, 0.29) is 23.2 Å². The lowest BCUT2D eigenvalue weighted by Crippen LogP contribution is -2.31. The molecule has 1 aliphatic heterocycles. The quantitative estimate of drug-likeness (QED) is 0.0551. The Morgan fingerprint density at radius 3 is 2.05 bits per heavy atom. The number of carbonyl (C=O) groups excluding carboxylic acids is 4. The summed E-state index contributed by atoms with van der Waals surface area (Å²) in [7, 11) is 0. The van der Waals surface area contributed by atoms with Crippen LogP contribution in [0.3, 0.4) is 0 Å². The van der Waals surface area contributed by atoms with Crippen LogP contribution in [-0.2, 0) is 4.79 Å². The second kappa shape index (κ2) is 13.6. The predicted octanol–water partition coefficient (Wildman–Crippen LogP) is 5.78. The summed E-state index contributed by atoms with van der Waals surface area (Å²) in [5, 5.41) is 16.4. The number of amides is 4. The number of anilines is 1. The Bertz CT molecular complexity index is 1720. The zero-order valence-corrected chi connectivity index (χ0v) is 24.1. The molecule has 4 aromatic carbocycles. The van der Waals surface area contributed by atoms with Gasteiger partial charge < -0.3 is 10.6 Å². The van der Waals surface area contributed by atoms with Crippen LogP contribution < -0.4 is 10.6 Å². The van der Waals surface area contributed by atoms with Gasteiger partial charge in [0.15, 0.2) is 0 Å². The highest BCUT2D eigenvalue weighted by atomic mass is 32.2. The van der Waals surface area contributed by atoms with E-state index in [0.717, 1.165) is 4.90 Å². The maximum Gasteiger partial charge on any atom is 0.272 e. The van der Waals surface area contributed by atoms with E-state index in [1.165, 1.54) is 35.2 Å². The third-order valence-corrected chi connectivity index (χ3v) is 7.83. The van der Waals surface area contributed by atoms with Crippen molar-refractivity contribution >= 4 is 52.8 Å². The molecule has 11 heteroatoms. The number of fused-ring (bicyclic) bond motifs is 1. The molecular formula is C33H26N4O6S. The minimum absolute atomic E-state index is 0.0423. The Balaban J connectivity index is 1.19. The number of thioether (sulfide) groups is 1. The third-order valence-electron chi connectivity index (χ3n) is 6.73. The number of nitrogens with one attached hydrogen (secondary N) is 2. The van der Waals surface area contributed by atoms with Gasteiger partial charge in [-0.2, -0.15) is 0 Å². The van der Waals surface area contributed by atoms with E-state index in [4.69, 9.17) is 0 Å². The van der Waals surface area contributed by atoms with Gasteiger partial charge in [-0.1, -0.05) is 30.3 Å². The fourth-order valence-electron chi connectivity index (χ4n) is 4.49. The molecular weight excluding hydrogens is 580 g/mol. The van der Waals surface area contributed by atoms with Crippen molar-refractivity contribution in [1.29, 1.82) is 0 Å². The lowest BCUT2D eigenvalue weighted by molar-refractivity contribution is -0.384. The molecule has 1 aliphatic rings. The molecule has 0 spiro atoms. The summed E-state index contributed by atoms with van der Waals surface area (Å²) < 4.78 is 0. The molecule has 0 aliphatic carbocycles. The molecule has 4 aromatic rings. The predicted molar refractivity (Wildman–Crippen MR) is 167 cm³/mol. The zero-order valence-electron chi connectivity index (χ0n) is 23.3. The summed E-state index contributed by atoms with van der Waals surface area (Å²) in [6.45, 7) is 0.325. The molecule has 1 heterocycles. The molecule has 0 unspecified atom stereocenters. The number of hydrogen-bond acceptors (Lipinski definition) is 7. The molecule has 44 heavy (non-hydrogen) atoms. The monoisotopic (exact) mass is 606 g/mol. The first-order valence-corrected chi connectivity index (χ1v) is 14.6. The Labute approximate surface area is 256 Å². The Hall–Kier alpha value is -5.55. The van der Waals surface area contributed by atoms with E-state index in [1.54, 1.807) is 78.5 Å². The zero-order chi connectivity index (χ0) is 31.1. The van der Waals surface area contributed by atoms with E-state index in [2.05, 4.69) is 10.6 Å². The summed E-state index contributed by atoms with van der Waals surface area (Å²) in [4.78, 5) is 63.8. The van der Waals surface area contributed by atoms with Gasteiger partial charge in [-0.25, -0.2) is 0 Å². The van der Waals surface area contributed by atoms with E-state index >= 15 is 0 Å². The number of nitrogens with zero attached hydrogens (tertiary/aromatic N) is 2. The molecule has 0 atom stereocenters. The van der Waals surface area contributed by atoms with Crippen molar-refractivity contribution in [3.05, 3.63) is 141 Å². The van der Waals surface area contributed by atoms with Crippen LogP contribution in [0.2, 0.25) is 0 Å². The normalized spacial score (nSPS) is 12.5. The van der Waals surface area contributed by atoms with E-state index in [1.807, 2.05) is 12.1 Å². The minimum Gasteiger partial charge on any atom is -0.321 e. The van der Waals surface area contributed by atoms with Gasteiger partial charge in [0.25, 0.3) is 29.3 Å². The van der Waals surface area contributed by atoms with Crippen LogP contribution in [0, 0.1) is 10.1 Å². The van der Waals surface area contributed by atoms with Gasteiger partial charge in [-0.3, -0.25) is 34.2 Å². The standard InChI is InChI=1S/C33H26N4O6S/c38-30(23-7-2-1-3-8-23)35-29(21-22-11-15-25(16-12-22)37(42)43)31(39)34-24-13-17-26(18-14-24)44-20-6-19-36-32(40)27-9-4-5-10-28(27)33(36)41/h1-5,7-18,21H,6,19-20H2,(H,34,39)(H,35,38)/b29-21-. The van der Waals surface area contributed by atoms with Crippen molar-refractivity contribution in [2.45, 2.75) is 11.3 Å². The van der Waals surface area contributed by atoms with Crippen molar-refractivity contribution < 1.29 is 24.1 Å². The van der Waals surface area contributed by atoms with Crippen molar-refractivity contribution in [2.24, 2.45) is 0 Å². The number of imide groups is 1. The highest BCUT2D eigenvalue weighted by molar-refractivity contribution is 7.99. The van der Waals surface area contributed by atoms with E-state index in [0.29, 0.717) is 46.7 Å². The summed E-state index contributed by atoms with van der Waals surface area (Å²) in [5.41, 5.74) is 2.08. The molecule has 10 nitrogen and oxygen atoms in total. The molecule has 0 saturated carbocycles. The van der Waals surface area contributed by atoms with Gasteiger partial charge in [-0.15, -0.1) is 11.8 Å². The Kier molecular flexibility index (Phi) is 9.26. The first-order valence-electron chi connectivity index (χ1n) is 13.6. The van der Waals surface area contributed by atoms with Gasteiger partial charge in [0.05, 0.1) is 16.1 Å². The van der Waals surface area contributed by atoms with E-state index in [9.17, 15) is 29.3 Å². The average Bonchev–Trinajstić information content (AvgIpc) is 3.29. The number of nitro benzene ring substituents is 1.